The van der Waals surface area contributed by atoms with E-state index in [0.29, 0.717) is 0 Å². The molecular weight excluding hydrogens is 603 g/mol. The molecule has 0 saturated heterocycles. The molecule has 0 atom stereocenters. The van der Waals surface area contributed by atoms with Crippen LogP contribution in [0.1, 0.15) is 68.2 Å². The van der Waals surface area contributed by atoms with Crippen molar-refractivity contribution >= 4 is 17.1 Å². The smallest absolute Gasteiger partial charge is 0.0540 e. The number of anilines is 3. The molecule has 1 nitrogen and oxygen atoms in total. The quantitative estimate of drug-likeness (QED) is 0.184. The van der Waals surface area contributed by atoms with Crippen molar-refractivity contribution in [3.8, 4) is 33.4 Å². The van der Waals surface area contributed by atoms with Crippen molar-refractivity contribution in [3.63, 3.8) is 0 Å². The standard InChI is InChI=1S/C49H43N/c1-48(2)43-20-9-6-16-38(43)41-18-12-19-42(47(41)48)40-17-8-11-22-46(40)50(35-13-4-3-5-14-35)36-23-24-39-37-15-7-10-21-44(37)49(45(39)30-36)33-26-31-25-32(28-33)29-34(49)27-31/h3-24,30-34H,25-29H2,1-2H3. The number of hydrogen-bond donors (Lipinski definition) is 0. The summed E-state index contributed by atoms with van der Waals surface area (Å²) in [6, 6.07) is 53.2. The number of hydrogen-bond acceptors (Lipinski definition) is 1. The maximum atomic E-state index is 2.64. The summed E-state index contributed by atoms with van der Waals surface area (Å²) in [7, 11) is 0. The molecule has 1 spiro atoms. The Bertz CT molecular complexity index is 2300. The van der Waals surface area contributed by atoms with Crippen LogP contribution in [0.15, 0.2) is 140 Å². The Morgan fingerprint density at radius 1 is 0.440 bits per heavy atom. The van der Waals surface area contributed by atoms with Gasteiger partial charge in [-0.05, 0) is 136 Å². The monoisotopic (exact) mass is 645 g/mol. The van der Waals surface area contributed by atoms with E-state index in [0.717, 1.165) is 23.7 Å². The highest BCUT2D eigenvalue weighted by Gasteiger charge is 2.61. The van der Waals surface area contributed by atoms with Gasteiger partial charge in [0.1, 0.15) is 0 Å². The Kier molecular flexibility index (Phi) is 5.97. The van der Waals surface area contributed by atoms with Gasteiger partial charge in [0.05, 0.1) is 5.69 Å². The molecule has 50 heavy (non-hydrogen) atoms. The Hall–Kier alpha value is -4.88. The van der Waals surface area contributed by atoms with E-state index < -0.39 is 0 Å². The van der Waals surface area contributed by atoms with Crippen molar-refractivity contribution in [1.29, 1.82) is 0 Å². The molecule has 4 saturated carbocycles. The lowest BCUT2D eigenvalue weighted by Gasteiger charge is -2.61. The fourth-order valence-corrected chi connectivity index (χ4v) is 12.3. The first-order valence-electron chi connectivity index (χ1n) is 19.0. The molecule has 0 radical (unpaired) electrons. The van der Waals surface area contributed by atoms with Crippen LogP contribution in [0, 0.1) is 23.7 Å². The topological polar surface area (TPSA) is 3.24 Å². The van der Waals surface area contributed by atoms with Gasteiger partial charge in [-0.2, -0.15) is 0 Å². The summed E-state index contributed by atoms with van der Waals surface area (Å²) >= 11 is 0. The molecule has 0 heterocycles. The lowest BCUT2D eigenvalue weighted by atomic mass is 9.43. The molecule has 0 amide bonds. The van der Waals surface area contributed by atoms with E-state index in [9.17, 15) is 0 Å². The Labute approximate surface area is 296 Å². The maximum Gasteiger partial charge on any atom is 0.0540 e. The summed E-state index contributed by atoms with van der Waals surface area (Å²) in [5, 5.41) is 0. The highest BCUT2D eigenvalue weighted by atomic mass is 15.1. The van der Waals surface area contributed by atoms with Crippen LogP contribution >= 0.6 is 0 Å². The molecule has 0 N–H and O–H groups in total. The minimum atomic E-state index is -0.0988. The molecule has 6 aromatic carbocycles. The van der Waals surface area contributed by atoms with Gasteiger partial charge < -0.3 is 4.90 Å². The molecule has 6 aliphatic rings. The molecule has 0 unspecified atom stereocenters. The zero-order chi connectivity index (χ0) is 33.2. The Morgan fingerprint density at radius 3 is 1.70 bits per heavy atom. The average molecular weight is 646 g/mol. The van der Waals surface area contributed by atoms with E-state index >= 15 is 0 Å². The van der Waals surface area contributed by atoms with E-state index in [4.69, 9.17) is 0 Å². The van der Waals surface area contributed by atoms with Gasteiger partial charge in [-0.15, -0.1) is 0 Å². The third-order valence-corrected chi connectivity index (χ3v) is 13.8. The largest absolute Gasteiger partial charge is 0.310 e. The SMILES string of the molecule is CC1(C)c2ccccc2-c2cccc(-c3ccccc3N(c3ccccc3)c3ccc4c(c3)C3(c5ccccc5-4)C4CC5CC(C4)CC3C5)c21. The molecule has 0 aromatic heterocycles. The third kappa shape index (κ3) is 3.73. The zero-order valence-electron chi connectivity index (χ0n) is 29.1. The van der Waals surface area contributed by atoms with Crippen LogP contribution in [-0.4, -0.2) is 0 Å². The van der Waals surface area contributed by atoms with Crippen LogP contribution in [0.2, 0.25) is 0 Å². The van der Waals surface area contributed by atoms with Gasteiger partial charge in [-0.25, -0.2) is 0 Å². The van der Waals surface area contributed by atoms with Gasteiger partial charge in [0.2, 0.25) is 0 Å². The Balaban J connectivity index is 1.13. The predicted molar refractivity (Wildman–Crippen MR) is 207 cm³/mol. The molecule has 0 aliphatic heterocycles. The van der Waals surface area contributed by atoms with E-state index in [1.807, 2.05) is 0 Å². The van der Waals surface area contributed by atoms with E-state index in [-0.39, 0.29) is 10.8 Å². The van der Waals surface area contributed by atoms with Gasteiger partial charge in [0.15, 0.2) is 0 Å². The molecule has 4 fully saturated rings. The molecular formula is C49H43N. The van der Waals surface area contributed by atoms with Crippen molar-refractivity contribution in [2.24, 2.45) is 23.7 Å². The number of rotatable bonds is 4. The van der Waals surface area contributed by atoms with Gasteiger partial charge in [-0.1, -0.05) is 123 Å². The minimum absolute atomic E-state index is 0.0988. The molecule has 12 rings (SSSR count). The summed E-state index contributed by atoms with van der Waals surface area (Å²) in [4.78, 5) is 2.55. The molecule has 1 heteroatoms. The maximum absolute atomic E-state index is 2.64. The van der Waals surface area contributed by atoms with Gasteiger partial charge in [0, 0.05) is 27.8 Å². The minimum Gasteiger partial charge on any atom is -0.310 e. The summed E-state index contributed by atoms with van der Waals surface area (Å²) in [5.41, 5.74) is 18.1. The van der Waals surface area contributed by atoms with Crippen LogP contribution in [0.4, 0.5) is 17.1 Å². The van der Waals surface area contributed by atoms with E-state index in [2.05, 4.69) is 158 Å². The molecule has 6 aromatic rings. The second-order valence-electron chi connectivity index (χ2n) is 16.5. The summed E-state index contributed by atoms with van der Waals surface area (Å²) in [6.07, 6.45) is 7.06. The number of para-hydroxylation sites is 2. The molecule has 244 valence electrons. The first-order valence-corrected chi connectivity index (χ1v) is 19.0. The van der Waals surface area contributed by atoms with Crippen molar-refractivity contribution in [2.75, 3.05) is 4.90 Å². The van der Waals surface area contributed by atoms with E-state index in [1.165, 1.54) is 93.7 Å². The van der Waals surface area contributed by atoms with Crippen LogP contribution in [0.3, 0.4) is 0 Å². The first-order chi connectivity index (χ1) is 24.5. The summed E-state index contributed by atoms with van der Waals surface area (Å²) in [5.74, 6) is 3.34. The fourth-order valence-electron chi connectivity index (χ4n) is 12.3. The predicted octanol–water partition coefficient (Wildman–Crippen LogP) is 12.9. The van der Waals surface area contributed by atoms with Crippen molar-refractivity contribution in [3.05, 3.63) is 162 Å². The van der Waals surface area contributed by atoms with Gasteiger partial charge >= 0.3 is 0 Å². The normalized spacial score (nSPS) is 25.6. The second kappa shape index (κ2) is 10.3. The lowest BCUT2D eigenvalue weighted by Crippen LogP contribution is -2.55. The van der Waals surface area contributed by atoms with Crippen molar-refractivity contribution < 1.29 is 0 Å². The average Bonchev–Trinajstić information content (AvgIpc) is 3.57. The highest BCUT2D eigenvalue weighted by molar-refractivity contribution is 5.95. The first kappa shape index (κ1) is 28.9. The van der Waals surface area contributed by atoms with E-state index in [1.54, 1.807) is 11.1 Å². The number of nitrogens with zero attached hydrogens (tertiary/aromatic N) is 1. The lowest BCUT2D eigenvalue weighted by molar-refractivity contribution is -0.0399. The third-order valence-electron chi connectivity index (χ3n) is 13.8. The summed E-state index contributed by atoms with van der Waals surface area (Å²) < 4.78 is 0. The molecule has 4 bridgehead atoms. The fraction of sp³-hybridized carbons (Fsp3) is 0.265. The number of fused-ring (bicyclic) bond motifs is 6. The van der Waals surface area contributed by atoms with Crippen LogP contribution < -0.4 is 4.90 Å². The van der Waals surface area contributed by atoms with Crippen molar-refractivity contribution in [1.82, 2.24) is 0 Å². The summed E-state index contributed by atoms with van der Waals surface area (Å²) in [6.45, 7) is 4.81. The highest BCUT2D eigenvalue weighted by Crippen LogP contribution is 2.69. The van der Waals surface area contributed by atoms with Crippen LogP contribution in [0.5, 0.6) is 0 Å². The Morgan fingerprint density at radius 2 is 0.980 bits per heavy atom. The zero-order valence-corrected chi connectivity index (χ0v) is 29.1. The van der Waals surface area contributed by atoms with Crippen LogP contribution in [0.25, 0.3) is 33.4 Å². The second-order valence-corrected chi connectivity index (χ2v) is 16.5. The van der Waals surface area contributed by atoms with Gasteiger partial charge in [-0.3, -0.25) is 0 Å². The van der Waals surface area contributed by atoms with Gasteiger partial charge in [0.25, 0.3) is 0 Å². The van der Waals surface area contributed by atoms with Crippen LogP contribution in [-0.2, 0) is 10.8 Å². The molecule has 6 aliphatic carbocycles. The number of benzene rings is 6. The van der Waals surface area contributed by atoms with Crippen molar-refractivity contribution in [2.45, 2.75) is 56.8 Å².